The highest BCUT2D eigenvalue weighted by Crippen LogP contribution is 2.20. The Bertz CT molecular complexity index is 348. The zero-order chi connectivity index (χ0) is 11.3. The molecule has 0 unspecified atom stereocenters. The molecule has 0 aliphatic heterocycles. The number of benzene rings is 1. The summed E-state index contributed by atoms with van der Waals surface area (Å²) in [6.07, 6.45) is 0.164. The molecule has 0 amide bonds. The molecule has 0 aliphatic carbocycles. The van der Waals surface area contributed by atoms with Crippen LogP contribution in [0.1, 0.15) is 32.8 Å². The Morgan fingerprint density at radius 2 is 1.80 bits per heavy atom. The van der Waals surface area contributed by atoms with Crippen molar-refractivity contribution in [2.45, 2.75) is 33.3 Å². The van der Waals surface area contributed by atoms with Crippen LogP contribution in [0.4, 0.5) is 0 Å². The van der Waals surface area contributed by atoms with Crippen LogP contribution >= 0.6 is 0 Å². The molecule has 1 aromatic carbocycles. The highest BCUT2D eigenvalue weighted by atomic mass is 16.3. The van der Waals surface area contributed by atoms with E-state index in [1.165, 1.54) is 0 Å². The molecule has 1 nitrogen and oxygen atoms in total. The largest absolute Gasteiger partial charge is 0.380 e. The molecule has 1 atom stereocenters. The van der Waals surface area contributed by atoms with Crippen molar-refractivity contribution in [2.24, 2.45) is 5.41 Å². The summed E-state index contributed by atoms with van der Waals surface area (Å²) in [5.74, 6) is 5.83. The van der Waals surface area contributed by atoms with Crippen LogP contribution in [0.5, 0.6) is 0 Å². The minimum atomic E-state index is -0.537. The Labute approximate surface area is 92.1 Å². The molecule has 1 aromatic rings. The van der Waals surface area contributed by atoms with E-state index in [2.05, 4.69) is 32.6 Å². The summed E-state index contributed by atoms with van der Waals surface area (Å²) in [6.45, 7) is 6.29. The van der Waals surface area contributed by atoms with Gasteiger partial charge in [-0.2, -0.15) is 0 Å². The lowest BCUT2D eigenvalue weighted by atomic mass is 9.89. The van der Waals surface area contributed by atoms with Gasteiger partial charge in [0.15, 0.2) is 0 Å². The van der Waals surface area contributed by atoms with Crippen LogP contribution in [0.15, 0.2) is 30.3 Å². The van der Waals surface area contributed by atoms with Gasteiger partial charge in [0.25, 0.3) is 0 Å². The summed E-state index contributed by atoms with van der Waals surface area (Å²) in [5.41, 5.74) is 1.07. The molecular formula is C14H18O. The van der Waals surface area contributed by atoms with E-state index in [4.69, 9.17) is 0 Å². The Balaban J connectivity index is 2.59. The highest BCUT2D eigenvalue weighted by molar-refractivity contribution is 5.34. The highest BCUT2D eigenvalue weighted by Gasteiger charge is 2.14. The molecule has 0 aliphatic rings. The first-order valence-corrected chi connectivity index (χ1v) is 5.22. The lowest BCUT2D eigenvalue weighted by Gasteiger charge is -2.18. The van der Waals surface area contributed by atoms with Crippen LogP contribution in [0.3, 0.4) is 0 Å². The first kappa shape index (κ1) is 11.8. The summed E-state index contributed by atoms with van der Waals surface area (Å²) in [5, 5.41) is 9.67. The molecule has 80 valence electrons. The SMILES string of the molecule is CC(C)(C)C[C@@H](O)C#Cc1ccccc1. The van der Waals surface area contributed by atoms with Gasteiger partial charge in [-0.1, -0.05) is 50.8 Å². The van der Waals surface area contributed by atoms with Crippen molar-refractivity contribution >= 4 is 0 Å². The van der Waals surface area contributed by atoms with Crippen molar-refractivity contribution in [3.8, 4) is 11.8 Å². The Hall–Kier alpha value is -1.26. The molecular weight excluding hydrogens is 184 g/mol. The van der Waals surface area contributed by atoms with E-state index in [0.29, 0.717) is 6.42 Å². The van der Waals surface area contributed by atoms with Gasteiger partial charge in [0.05, 0.1) is 0 Å². The lowest BCUT2D eigenvalue weighted by molar-refractivity contribution is 0.170. The lowest BCUT2D eigenvalue weighted by Crippen LogP contribution is -2.15. The Kier molecular flexibility index (Phi) is 3.94. The second-order valence-corrected chi connectivity index (χ2v) is 4.92. The number of hydrogen-bond acceptors (Lipinski definition) is 1. The number of aliphatic hydroxyl groups excluding tert-OH is 1. The predicted octanol–water partition coefficient (Wildman–Crippen LogP) is 2.84. The van der Waals surface area contributed by atoms with E-state index in [9.17, 15) is 5.11 Å². The van der Waals surface area contributed by atoms with Crippen molar-refractivity contribution in [1.82, 2.24) is 0 Å². The molecule has 0 bridgehead atoms. The monoisotopic (exact) mass is 202 g/mol. The normalized spacial score (nSPS) is 12.8. The second kappa shape index (κ2) is 5.00. The standard InChI is InChI=1S/C14H18O/c1-14(2,3)11-13(15)10-9-12-7-5-4-6-8-12/h4-8,13,15H,11H2,1-3H3/t13-/m0/s1. The average Bonchev–Trinajstić information content (AvgIpc) is 2.14. The van der Waals surface area contributed by atoms with Gasteiger partial charge in [0.1, 0.15) is 6.10 Å². The summed E-state index contributed by atoms with van der Waals surface area (Å²) in [7, 11) is 0. The fourth-order valence-electron chi connectivity index (χ4n) is 1.32. The van der Waals surface area contributed by atoms with Crippen LogP contribution in [0.25, 0.3) is 0 Å². The van der Waals surface area contributed by atoms with Crippen molar-refractivity contribution in [3.05, 3.63) is 35.9 Å². The number of hydrogen-bond donors (Lipinski definition) is 1. The quantitative estimate of drug-likeness (QED) is 0.694. The minimum Gasteiger partial charge on any atom is -0.380 e. The topological polar surface area (TPSA) is 20.2 Å². The predicted molar refractivity (Wildman–Crippen MR) is 63.4 cm³/mol. The van der Waals surface area contributed by atoms with Gasteiger partial charge in [-0.3, -0.25) is 0 Å². The van der Waals surface area contributed by atoms with E-state index in [1.807, 2.05) is 30.3 Å². The first-order chi connectivity index (χ1) is 6.97. The third kappa shape index (κ3) is 5.24. The zero-order valence-corrected chi connectivity index (χ0v) is 9.62. The van der Waals surface area contributed by atoms with Gasteiger partial charge in [-0.15, -0.1) is 0 Å². The van der Waals surface area contributed by atoms with Crippen LogP contribution < -0.4 is 0 Å². The molecule has 15 heavy (non-hydrogen) atoms. The Morgan fingerprint density at radius 1 is 1.20 bits per heavy atom. The van der Waals surface area contributed by atoms with E-state index < -0.39 is 6.10 Å². The summed E-state index contributed by atoms with van der Waals surface area (Å²) >= 11 is 0. The molecule has 0 heterocycles. The maximum atomic E-state index is 9.67. The fraction of sp³-hybridized carbons (Fsp3) is 0.429. The van der Waals surface area contributed by atoms with Gasteiger partial charge in [-0.25, -0.2) is 0 Å². The second-order valence-electron chi connectivity index (χ2n) is 4.92. The van der Waals surface area contributed by atoms with Gasteiger partial charge in [0, 0.05) is 5.56 Å². The van der Waals surface area contributed by atoms with E-state index in [-0.39, 0.29) is 5.41 Å². The average molecular weight is 202 g/mol. The van der Waals surface area contributed by atoms with Crippen LogP contribution in [-0.2, 0) is 0 Å². The van der Waals surface area contributed by atoms with Gasteiger partial charge in [-0.05, 0) is 24.0 Å². The van der Waals surface area contributed by atoms with Crippen molar-refractivity contribution < 1.29 is 5.11 Å². The third-order valence-corrected chi connectivity index (χ3v) is 1.96. The maximum Gasteiger partial charge on any atom is 0.115 e. The van der Waals surface area contributed by atoms with E-state index in [1.54, 1.807) is 0 Å². The molecule has 1 rings (SSSR count). The number of aliphatic hydroxyl groups is 1. The smallest absolute Gasteiger partial charge is 0.115 e. The van der Waals surface area contributed by atoms with Crippen LogP contribution in [0.2, 0.25) is 0 Å². The van der Waals surface area contributed by atoms with Crippen molar-refractivity contribution in [3.63, 3.8) is 0 Å². The summed E-state index contributed by atoms with van der Waals surface area (Å²) in [4.78, 5) is 0. The van der Waals surface area contributed by atoms with Crippen LogP contribution in [0, 0.1) is 17.3 Å². The third-order valence-electron chi connectivity index (χ3n) is 1.96. The van der Waals surface area contributed by atoms with Gasteiger partial charge < -0.3 is 5.11 Å². The minimum absolute atomic E-state index is 0.116. The molecule has 0 saturated carbocycles. The molecule has 1 N–H and O–H groups in total. The Morgan fingerprint density at radius 3 is 2.33 bits per heavy atom. The van der Waals surface area contributed by atoms with Crippen molar-refractivity contribution in [2.75, 3.05) is 0 Å². The maximum absolute atomic E-state index is 9.67. The van der Waals surface area contributed by atoms with E-state index in [0.717, 1.165) is 5.56 Å². The molecule has 0 radical (unpaired) electrons. The first-order valence-electron chi connectivity index (χ1n) is 5.22. The van der Waals surface area contributed by atoms with Gasteiger partial charge >= 0.3 is 0 Å². The van der Waals surface area contributed by atoms with Crippen molar-refractivity contribution in [1.29, 1.82) is 0 Å². The molecule has 1 heteroatoms. The fourth-order valence-corrected chi connectivity index (χ4v) is 1.32. The molecule has 0 aromatic heterocycles. The molecule has 0 spiro atoms. The summed E-state index contributed by atoms with van der Waals surface area (Å²) < 4.78 is 0. The number of rotatable bonds is 1. The van der Waals surface area contributed by atoms with E-state index >= 15 is 0 Å². The van der Waals surface area contributed by atoms with Crippen LogP contribution in [-0.4, -0.2) is 11.2 Å². The van der Waals surface area contributed by atoms with Gasteiger partial charge in [0.2, 0.25) is 0 Å². The summed E-state index contributed by atoms with van der Waals surface area (Å²) in [6, 6.07) is 9.73. The molecule has 0 saturated heterocycles. The molecule has 0 fully saturated rings. The zero-order valence-electron chi connectivity index (χ0n) is 9.62.